The van der Waals surface area contributed by atoms with E-state index >= 15 is 0 Å². The minimum Gasteiger partial charge on any atom is -0.463 e. The maximum atomic E-state index is 12.0. The van der Waals surface area contributed by atoms with Gasteiger partial charge in [-0.2, -0.15) is 5.10 Å². The lowest BCUT2D eigenvalue weighted by Gasteiger charge is -2.27. The van der Waals surface area contributed by atoms with Crippen LogP contribution in [0.25, 0.3) is 5.57 Å². The fraction of sp³-hybridized carbons (Fsp3) is 0.222. The molecule has 1 aromatic carbocycles. The Hall–Kier alpha value is -2.82. The van der Waals surface area contributed by atoms with Crippen molar-refractivity contribution in [2.45, 2.75) is 26.3 Å². The molecule has 5 heteroatoms. The van der Waals surface area contributed by atoms with E-state index in [0.717, 1.165) is 16.7 Å². The van der Waals surface area contributed by atoms with Crippen molar-refractivity contribution in [3.63, 3.8) is 0 Å². The van der Waals surface area contributed by atoms with Gasteiger partial charge in [-0.25, -0.2) is 10.2 Å². The molecule has 2 N–H and O–H groups in total. The van der Waals surface area contributed by atoms with Gasteiger partial charge in [0.1, 0.15) is 5.76 Å². The SMILES string of the molecule is C=C(C)c1cccc(C(C)(C)NC(=O)N/N=C/c2ccco2)c1. The average molecular weight is 311 g/mol. The highest BCUT2D eigenvalue weighted by Crippen LogP contribution is 2.23. The van der Waals surface area contributed by atoms with Gasteiger partial charge in [0.05, 0.1) is 18.0 Å². The lowest BCUT2D eigenvalue weighted by atomic mass is 9.92. The molecule has 0 aliphatic carbocycles. The third-order valence-electron chi connectivity index (χ3n) is 3.40. The van der Waals surface area contributed by atoms with E-state index < -0.39 is 11.6 Å². The van der Waals surface area contributed by atoms with Gasteiger partial charge in [-0.15, -0.1) is 0 Å². The quantitative estimate of drug-likeness (QED) is 0.650. The topological polar surface area (TPSA) is 66.6 Å². The van der Waals surface area contributed by atoms with Gasteiger partial charge in [0.15, 0.2) is 0 Å². The summed E-state index contributed by atoms with van der Waals surface area (Å²) in [6.45, 7) is 9.76. The van der Waals surface area contributed by atoms with Crippen molar-refractivity contribution < 1.29 is 9.21 Å². The molecule has 1 heterocycles. The number of nitrogens with one attached hydrogen (secondary N) is 2. The molecular weight excluding hydrogens is 290 g/mol. The molecule has 0 saturated carbocycles. The van der Waals surface area contributed by atoms with Gasteiger partial charge in [0.2, 0.25) is 0 Å². The van der Waals surface area contributed by atoms with Gasteiger partial charge in [-0.1, -0.05) is 30.4 Å². The van der Waals surface area contributed by atoms with Crippen LogP contribution in [0.3, 0.4) is 0 Å². The Kier molecular flexibility index (Phi) is 5.01. The molecule has 0 unspecified atom stereocenters. The third kappa shape index (κ3) is 4.57. The number of hydrogen-bond acceptors (Lipinski definition) is 3. The molecule has 2 rings (SSSR count). The van der Waals surface area contributed by atoms with Crippen molar-refractivity contribution in [2.24, 2.45) is 5.10 Å². The van der Waals surface area contributed by atoms with Crippen molar-refractivity contribution in [1.82, 2.24) is 10.7 Å². The van der Waals surface area contributed by atoms with Crippen LogP contribution in [0.1, 0.15) is 37.7 Å². The molecule has 0 saturated heterocycles. The van der Waals surface area contributed by atoms with Crippen LogP contribution in [0.2, 0.25) is 0 Å². The predicted molar refractivity (Wildman–Crippen MR) is 92.1 cm³/mol. The summed E-state index contributed by atoms with van der Waals surface area (Å²) in [5.74, 6) is 0.568. The van der Waals surface area contributed by atoms with Crippen molar-refractivity contribution in [3.05, 3.63) is 66.1 Å². The van der Waals surface area contributed by atoms with Crippen LogP contribution in [0.15, 0.2) is 58.8 Å². The molecule has 23 heavy (non-hydrogen) atoms. The van der Waals surface area contributed by atoms with E-state index in [2.05, 4.69) is 22.4 Å². The molecule has 1 aromatic heterocycles. The zero-order valence-corrected chi connectivity index (χ0v) is 13.6. The summed E-state index contributed by atoms with van der Waals surface area (Å²) in [4.78, 5) is 12.0. The second kappa shape index (κ2) is 6.96. The molecule has 0 aliphatic heterocycles. The van der Waals surface area contributed by atoms with Crippen molar-refractivity contribution in [2.75, 3.05) is 0 Å². The molecule has 2 aromatic rings. The van der Waals surface area contributed by atoms with E-state index in [1.54, 1.807) is 18.4 Å². The van der Waals surface area contributed by atoms with Crippen LogP contribution in [-0.4, -0.2) is 12.2 Å². The Balaban J connectivity index is 2.01. The van der Waals surface area contributed by atoms with Gasteiger partial charge in [0.25, 0.3) is 0 Å². The van der Waals surface area contributed by atoms with Gasteiger partial charge in [0, 0.05) is 0 Å². The molecule has 0 spiro atoms. The normalized spacial score (nSPS) is 11.4. The lowest BCUT2D eigenvalue weighted by Crippen LogP contribution is -2.45. The number of furan rings is 1. The Bertz CT molecular complexity index is 716. The van der Waals surface area contributed by atoms with E-state index in [4.69, 9.17) is 4.42 Å². The average Bonchev–Trinajstić information content (AvgIpc) is 3.00. The Morgan fingerprint density at radius 2 is 2.09 bits per heavy atom. The molecule has 120 valence electrons. The summed E-state index contributed by atoms with van der Waals surface area (Å²) in [6, 6.07) is 11.0. The monoisotopic (exact) mass is 311 g/mol. The number of carbonyl (C=O) groups excluding carboxylic acids is 1. The smallest absolute Gasteiger partial charge is 0.335 e. The second-order valence-electron chi connectivity index (χ2n) is 5.83. The van der Waals surface area contributed by atoms with Gasteiger partial charge in [-0.05, 0) is 50.1 Å². The fourth-order valence-electron chi connectivity index (χ4n) is 2.08. The number of nitrogens with zero attached hydrogens (tertiary/aromatic N) is 1. The first-order chi connectivity index (χ1) is 10.9. The maximum absolute atomic E-state index is 12.0. The summed E-state index contributed by atoms with van der Waals surface area (Å²) >= 11 is 0. The molecule has 0 aliphatic rings. The third-order valence-corrected chi connectivity index (χ3v) is 3.40. The van der Waals surface area contributed by atoms with E-state index in [1.807, 2.05) is 45.0 Å². The van der Waals surface area contributed by atoms with Crippen molar-refractivity contribution in [1.29, 1.82) is 0 Å². The number of amides is 2. The fourth-order valence-corrected chi connectivity index (χ4v) is 2.08. The number of hydrazone groups is 1. The highest BCUT2D eigenvalue weighted by atomic mass is 16.3. The predicted octanol–water partition coefficient (Wildman–Crippen LogP) is 3.88. The molecule has 0 fully saturated rings. The summed E-state index contributed by atoms with van der Waals surface area (Å²) in [6.07, 6.45) is 2.98. The van der Waals surface area contributed by atoms with E-state index in [-0.39, 0.29) is 0 Å². The number of allylic oxidation sites excluding steroid dienone is 1. The summed E-state index contributed by atoms with van der Waals surface area (Å²) in [7, 11) is 0. The second-order valence-corrected chi connectivity index (χ2v) is 5.83. The van der Waals surface area contributed by atoms with Crippen molar-refractivity contribution in [3.8, 4) is 0 Å². The Morgan fingerprint density at radius 1 is 1.30 bits per heavy atom. The van der Waals surface area contributed by atoms with Crippen molar-refractivity contribution >= 4 is 17.8 Å². The molecule has 5 nitrogen and oxygen atoms in total. The van der Waals surface area contributed by atoms with Gasteiger partial charge in [-0.3, -0.25) is 0 Å². The Labute approximate surface area is 136 Å². The van der Waals surface area contributed by atoms with E-state index in [0.29, 0.717) is 5.76 Å². The summed E-state index contributed by atoms with van der Waals surface area (Å²) < 4.78 is 5.09. The minimum atomic E-state index is -0.546. The van der Waals surface area contributed by atoms with Gasteiger partial charge >= 0.3 is 6.03 Å². The zero-order chi connectivity index (χ0) is 16.9. The number of rotatable bonds is 5. The highest BCUT2D eigenvalue weighted by molar-refractivity contribution is 5.79. The number of hydrogen-bond donors (Lipinski definition) is 2. The number of urea groups is 1. The van der Waals surface area contributed by atoms with E-state index in [1.165, 1.54) is 6.21 Å². The summed E-state index contributed by atoms with van der Waals surface area (Å²) in [5, 5.41) is 6.74. The number of carbonyl (C=O) groups is 1. The molecular formula is C18H21N3O2. The maximum Gasteiger partial charge on any atom is 0.335 e. The first-order valence-electron chi connectivity index (χ1n) is 7.29. The van der Waals surface area contributed by atoms with Crippen LogP contribution in [0.4, 0.5) is 4.79 Å². The molecule has 0 radical (unpaired) electrons. The van der Waals surface area contributed by atoms with Gasteiger partial charge < -0.3 is 9.73 Å². The summed E-state index contributed by atoms with van der Waals surface area (Å²) in [5.41, 5.74) is 4.90. The lowest BCUT2D eigenvalue weighted by molar-refractivity contribution is 0.230. The number of benzene rings is 1. The highest BCUT2D eigenvalue weighted by Gasteiger charge is 2.23. The molecule has 2 amide bonds. The van der Waals surface area contributed by atoms with Crippen LogP contribution in [0.5, 0.6) is 0 Å². The Morgan fingerprint density at radius 3 is 2.74 bits per heavy atom. The van der Waals surface area contributed by atoms with Crippen LogP contribution in [-0.2, 0) is 5.54 Å². The largest absolute Gasteiger partial charge is 0.463 e. The van der Waals surface area contributed by atoms with Crippen LogP contribution in [0, 0.1) is 0 Å². The zero-order valence-electron chi connectivity index (χ0n) is 13.6. The molecule has 0 atom stereocenters. The van der Waals surface area contributed by atoms with Crippen LogP contribution >= 0.6 is 0 Å². The van der Waals surface area contributed by atoms with E-state index in [9.17, 15) is 4.79 Å². The van der Waals surface area contributed by atoms with Crippen LogP contribution < -0.4 is 10.7 Å². The molecule has 0 bridgehead atoms. The standard InChI is InChI=1S/C18H21N3O2/c1-13(2)14-7-5-8-15(11-14)18(3,4)20-17(22)21-19-12-16-9-6-10-23-16/h5-12H,1H2,2-4H3,(H2,20,21,22)/b19-12+. The minimum absolute atomic E-state index is 0.390. The first-order valence-corrected chi connectivity index (χ1v) is 7.29. The first kappa shape index (κ1) is 16.5.